The Hall–Kier alpha value is -1.07. The van der Waals surface area contributed by atoms with Gasteiger partial charge in [0, 0.05) is 25.7 Å². The number of aryl methyl sites for hydroxylation is 2. The molecule has 0 amide bonds. The van der Waals surface area contributed by atoms with Crippen molar-refractivity contribution in [2.75, 3.05) is 31.2 Å². The third-order valence-corrected chi connectivity index (χ3v) is 4.01. The fraction of sp³-hybridized carbons (Fsp3) is 0.800. The van der Waals surface area contributed by atoms with Gasteiger partial charge in [-0.2, -0.15) is 5.10 Å². The Morgan fingerprint density at radius 1 is 1.40 bits per heavy atom. The maximum Gasteiger partial charge on any atom is 0.131 e. The fourth-order valence-corrected chi connectivity index (χ4v) is 2.92. The number of hydrogen-bond donors (Lipinski definition) is 1. The second kappa shape index (κ2) is 7.09. The summed E-state index contributed by atoms with van der Waals surface area (Å²) >= 11 is 0. The van der Waals surface area contributed by atoms with Crippen molar-refractivity contribution < 1.29 is 4.74 Å². The van der Waals surface area contributed by atoms with E-state index < -0.39 is 0 Å². The molecule has 1 saturated heterocycles. The summed E-state index contributed by atoms with van der Waals surface area (Å²) < 4.78 is 7.66. The summed E-state index contributed by atoms with van der Waals surface area (Å²) in [4.78, 5) is 2.48. The Morgan fingerprint density at radius 2 is 2.20 bits per heavy atom. The molecule has 1 unspecified atom stereocenters. The standard InChI is InChI=1S/C15H28N4O/c1-5-7-16-10-14-12(3)17-18(4)15(14)19-8-9-20-11-13(19)6-2/h13,16H,5-11H2,1-4H3. The third kappa shape index (κ3) is 3.15. The van der Waals surface area contributed by atoms with Gasteiger partial charge < -0.3 is 15.0 Å². The zero-order chi connectivity index (χ0) is 14.5. The lowest BCUT2D eigenvalue weighted by Gasteiger charge is -2.37. The van der Waals surface area contributed by atoms with Crippen LogP contribution in [0.3, 0.4) is 0 Å². The first kappa shape index (κ1) is 15.3. The van der Waals surface area contributed by atoms with Crippen LogP contribution in [-0.2, 0) is 18.3 Å². The van der Waals surface area contributed by atoms with Gasteiger partial charge in [0.2, 0.25) is 0 Å². The minimum Gasteiger partial charge on any atom is -0.377 e. The summed E-state index contributed by atoms with van der Waals surface area (Å²) in [5.41, 5.74) is 2.47. The molecule has 114 valence electrons. The molecular formula is C15H28N4O. The first-order valence-corrected chi connectivity index (χ1v) is 7.76. The number of nitrogens with zero attached hydrogens (tertiary/aromatic N) is 3. The van der Waals surface area contributed by atoms with Gasteiger partial charge in [-0.15, -0.1) is 0 Å². The molecule has 1 aromatic heterocycles. The second-order valence-corrected chi connectivity index (χ2v) is 5.52. The molecule has 0 spiro atoms. The van der Waals surface area contributed by atoms with Crippen LogP contribution < -0.4 is 10.2 Å². The van der Waals surface area contributed by atoms with Crippen LogP contribution >= 0.6 is 0 Å². The molecule has 2 rings (SSSR count). The molecule has 5 heteroatoms. The Kier molecular flexibility index (Phi) is 5.43. The summed E-state index contributed by atoms with van der Waals surface area (Å²) in [6.07, 6.45) is 2.26. The van der Waals surface area contributed by atoms with Crippen LogP contribution in [0.2, 0.25) is 0 Å². The highest BCUT2D eigenvalue weighted by Gasteiger charge is 2.27. The molecule has 1 fully saturated rings. The van der Waals surface area contributed by atoms with Crippen LogP contribution in [-0.4, -0.2) is 42.1 Å². The molecule has 0 bridgehead atoms. The number of hydrogen-bond acceptors (Lipinski definition) is 4. The average molecular weight is 280 g/mol. The van der Waals surface area contributed by atoms with Crippen LogP contribution in [0, 0.1) is 6.92 Å². The number of aromatic nitrogens is 2. The van der Waals surface area contributed by atoms with Crippen LogP contribution in [0.15, 0.2) is 0 Å². The minimum atomic E-state index is 0.462. The molecule has 0 aromatic carbocycles. The molecule has 0 saturated carbocycles. The van der Waals surface area contributed by atoms with Crippen molar-refractivity contribution in [1.29, 1.82) is 0 Å². The number of nitrogens with one attached hydrogen (secondary N) is 1. The van der Waals surface area contributed by atoms with Gasteiger partial charge in [0.05, 0.1) is 24.9 Å². The SMILES string of the molecule is CCCNCc1c(C)nn(C)c1N1CCOCC1CC. The topological polar surface area (TPSA) is 42.3 Å². The molecular weight excluding hydrogens is 252 g/mol. The van der Waals surface area contributed by atoms with Gasteiger partial charge >= 0.3 is 0 Å². The van der Waals surface area contributed by atoms with Gasteiger partial charge in [-0.05, 0) is 26.3 Å². The van der Waals surface area contributed by atoms with E-state index in [0.29, 0.717) is 6.04 Å². The van der Waals surface area contributed by atoms with Crippen LogP contribution in [0.5, 0.6) is 0 Å². The van der Waals surface area contributed by atoms with Gasteiger partial charge in [0.15, 0.2) is 0 Å². The van der Waals surface area contributed by atoms with Gasteiger partial charge in [-0.1, -0.05) is 13.8 Å². The predicted octanol–water partition coefficient (Wildman–Crippen LogP) is 1.84. The van der Waals surface area contributed by atoms with E-state index in [0.717, 1.165) is 51.4 Å². The highest BCUT2D eigenvalue weighted by Crippen LogP contribution is 2.27. The molecule has 0 aliphatic carbocycles. The van der Waals surface area contributed by atoms with E-state index in [4.69, 9.17) is 4.74 Å². The highest BCUT2D eigenvalue weighted by atomic mass is 16.5. The molecule has 1 aromatic rings. The molecule has 5 nitrogen and oxygen atoms in total. The average Bonchev–Trinajstić information content (AvgIpc) is 2.73. The number of rotatable bonds is 6. The lowest BCUT2D eigenvalue weighted by atomic mass is 10.1. The zero-order valence-electron chi connectivity index (χ0n) is 13.3. The lowest BCUT2D eigenvalue weighted by Crippen LogP contribution is -2.46. The van der Waals surface area contributed by atoms with Gasteiger partial charge in [0.1, 0.15) is 5.82 Å². The normalized spacial score (nSPS) is 19.6. The molecule has 20 heavy (non-hydrogen) atoms. The molecule has 1 atom stereocenters. The van der Waals surface area contributed by atoms with E-state index in [1.807, 2.05) is 11.7 Å². The van der Waals surface area contributed by atoms with Crippen molar-refractivity contribution in [3.63, 3.8) is 0 Å². The molecule has 1 aliphatic heterocycles. The highest BCUT2D eigenvalue weighted by molar-refractivity contribution is 5.51. The van der Waals surface area contributed by atoms with E-state index in [9.17, 15) is 0 Å². The van der Waals surface area contributed by atoms with Crippen LogP contribution in [0.25, 0.3) is 0 Å². The quantitative estimate of drug-likeness (QED) is 0.808. The Morgan fingerprint density at radius 3 is 2.90 bits per heavy atom. The molecule has 1 aliphatic rings. The van der Waals surface area contributed by atoms with Crippen molar-refractivity contribution in [2.24, 2.45) is 7.05 Å². The van der Waals surface area contributed by atoms with Crippen LogP contribution in [0.4, 0.5) is 5.82 Å². The minimum absolute atomic E-state index is 0.462. The molecule has 0 radical (unpaired) electrons. The maximum absolute atomic E-state index is 5.62. The van der Waals surface area contributed by atoms with E-state index in [-0.39, 0.29) is 0 Å². The van der Waals surface area contributed by atoms with Crippen molar-refractivity contribution >= 4 is 5.82 Å². The summed E-state index contributed by atoms with van der Waals surface area (Å²) in [6.45, 7) is 11.1. The first-order chi connectivity index (χ1) is 9.69. The van der Waals surface area contributed by atoms with E-state index >= 15 is 0 Å². The third-order valence-electron chi connectivity index (χ3n) is 4.01. The number of morpholine rings is 1. The van der Waals surface area contributed by atoms with Crippen molar-refractivity contribution in [2.45, 2.75) is 46.2 Å². The van der Waals surface area contributed by atoms with Gasteiger partial charge in [-0.3, -0.25) is 4.68 Å². The monoisotopic (exact) mass is 280 g/mol. The summed E-state index contributed by atoms with van der Waals surface area (Å²) in [6, 6.07) is 0.462. The predicted molar refractivity (Wildman–Crippen MR) is 82.2 cm³/mol. The van der Waals surface area contributed by atoms with Gasteiger partial charge in [-0.25, -0.2) is 0 Å². The molecule has 2 heterocycles. The second-order valence-electron chi connectivity index (χ2n) is 5.52. The summed E-state index contributed by atoms with van der Waals surface area (Å²) in [5.74, 6) is 1.27. The van der Waals surface area contributed by atoms with Crippen LogP contribution in [0.1, 0.15) is 37.9 Å². The van der Waals surface area contributed by atoms with Gasteiger partial charge in [0.25, 0.3) is 0 Å². The smallest absolute Gasteiger partial charge is 0.131 e. The molecule has 1 N–H and O–H groups in total. The van der Waals surface area contributed by atoms with E-state index in [1.165, 1.54) is 11.4 Å². The van der Waals surface area contributed by atoms with Crippen molar-refractivity contribution in [3.8, 4) is 0 Å². The Bertz CT molecular complexity index is 430. The van der Waals surface area contributed by atoms with Crippen molar-refractivity contribution in [1.82, 2.24) is 15.1 Å². The van der Waals surface area contributed by atoms with E-state index in [1.54, 1.807) is 0 Å². The Labute approximate surface area is 122 Å². The Balaban J connectivity index is 2.24. The summed E-state index contributed by atoms with van der Waals surface area (Å²) in [7, 11) is 2.05. The number of ether oxygens (including phenoxy) is 1. The fourth-order valence-electron chi connectivity index (χ4n) is 2.92. The number of anilines is 1. The summed E-state index contributed by atoms with van der Waals surface area (Å²) in [5, 5.41) is 8.13. The maximum atomic E-state index is 5.62. The first-order valence-electron chi connectivity index (χ1n) is 7.76. The largest absolute Gasteiger partial charge is 0.377 e. The van der Waals surface area contributed by atoms with Crippen molar-refractivity contribution in [3.05, 3.63) is 11.3 Å². The lowest BCUT2D eigenvalue weighted by molar-refractivity contribution is 0.0920. The van der Waals surface area contributed by atoms with E-state index in [2.05, 4.69) is 36.1 Å². The zero-order valence-corrected chi connectivity index (χ0v) is 13.3.